The zero-order valence-electron chi connectivity index (χ0n) is 14.9. The number of rotatable bonds is 5. The molecule has 26 heavy (non-hydrogen) atoms. The maximum absolute atomic E-state index is 8.96. The summed E-state index contributed by atoms with van der Waals surface area (Å²) in [5, 5.41) is 8.96. The monoisotopic (exact) mass is 353 g/mol. The van der Waals surface area contributed by atoms with Crippen molar-refractivity contribution in [1.82, 2.24) is 19.4 Å². The molecule has 0 amide bonds. The molecule has 3 aromatic rings. The third-order valence-corrected chi connectivity index (χ3v) is 4.70. The van der Waals surface area contributed by atoms with Gasteiger partial charge in [0, 0.05) is 49.5 Å². The van der Waals surface area contributed by atoms with E-state index in [-0.39, 0.29) is 6.61 Å². The molecule has 136 valence electrons. The Hall–Kier alpha value is -2.51. The number of aromatic nitrogens is 4. The third kappa shape index (κ3) is 3.15. The van der Waals surface area contributed by atoms with Gasteiger partial charge in [-0.05, 0) is 31.9 Å². The Balaban J connectivity index is 1.72. The molecule has 1 aliphatic rings. The van der Waals surface area contributed by atoms with Crippen molar-refractivity contribution in [2.45, 2.75) is 19.8 Å². The zero-order valence-corrected chi connectivity index (χ0v) is 14.9. The number of aliphatic hydroxyl groups is 1. The van der Waals surface area contributed by atoms with E-state index in [1.807, 2.05) is 31.6 Å². The topological polar surface area (TPSA) is 75.8 Å². The minimum absolute atomic E-state index is 0.188. The Labute approximate surface area is 152 Å². The summed E-state index contributed by atoms with van der Waals surface area (Å²) in [4.78, 5) is 16.1. The number of fused-ring (bicyclic) bond motifs is 1. The van der Waals surface area contributed by atoms with Gasteiger partial charge >= 0.3 is 0 Å². The van der Waals surface area contributed by atoms with Gasteiger partial charge in [-0.15, -0.1) is 0 Å². The highest BCUT2D eigenvalue weighted by Crippen LogP contribution is 2.28. The molecule has 0 atom stereocenters. The number of hydrogen-bond donors (Lipinski definition) is 1. The Morgan fingerprint density at radius 3 is 2.77 bits per heavy atom. The largest absolute Gasteiger partial charge is 0.396 e. The Kier molecular flexibility index (Phi) is 4.81. The second-order valence-electron chi connectivity index (χ2n) is 6.46. The van der Waals surface area contributed by atoms with E-state index in [1.165, 1.54) is 0 Å². The van der Waals surface area contributed by atoms with Crippen LogP contribution in [-0.4, -0.2) is 57.4 Å². The zero-order chi connectivity index (χ0) is 17.9. The van der Waals surface area contributed by atoms with Crippen molar-refractivity contribution < 1.29 is 9.84 Å². The van der Waals surface area contributed by atoms with Gasteiger partial charge in [-0.3, -0.25) is 9.38 Å². The number of ether oxygens (including phenoxy) is 1. The summed E-state index contributed by atoms with van der Waals surface area (Å²) in [6.07, 6.45) is 7.18. The lowest BCUT2D eigenvalue weighted by Crippen LogP contribution is -2.37. The maximum Gasteiger partial charge on any atom is 0.181 e. The SMILES string of the molecule is Cc1nc2c(N3CCOCC3)nccn2c1-c1ccc(CCCO)nc1. The Morgan fingerprint density at radius 1 is 1.19 bits per heavy atom. The molecule has 0 saturated carbocycles. The molecule has 7 heteroatoms. The number of aliphatic hydroxyl groups excluding tert-OH is 1. The van der Waals surface area contributed by atoms with Crippen LogP contribution in [0, 0.1) is 6.92 Å². The summed E-state index contributed by atoms with van der Waals surface area (Å²) in [6.45, 7) is 5.30. The minimum Gasteiger partial charge on any atom is -0.396 e. The molecular formula is C19H23N5O2. The standard InChI is InChI=1S/C19H23N5O2/c1-14-17(15-4-5-16(21-13-15)3-2-10-25)24-7-6-20-18(19(24)22-14)23-8-11-26-12-9-23/h4-7,13,25H,2-3,8-12H2,1H3. The van der Waals surface area contributed by atoms with E-state index >= 15 is 0 Å². The first-order valence-corrected chi connectivity index (χ1v) is 9.00. The Morgan fingerprint density at radius 2 is 2.04 bits per heavy atom. The van der Waals surface area contributed by atoms with Gasteiger partial charge in [-0.2, -0.15) is 0 Å². The van der Waals surface area contributed by atoms with Gasteiger partial charge in [0.1, 0.15) is 0 Å². The molecule has 3 aromatic heterocycles. The van der Waals surface area contributed by atoms with Crippen molar-refractivity contribution in [3.8, 4) is 11.3 Å². The number of hydrogen-bond acceptors (Lipinski definition) is 6. The predicted molar refractivity (Wildman–Crippen MR) is 99.4 cm³/mol. The van der Waals surface area contributed by atoms with Crippen molar-refractivity contribution in [3.63, 3.8) is 0 Å². The van der Waals surface area contributed by atoms with Crippen LogP contribution in [0.15, 0.2) is 30.7 Å². The fourth-order valence-corrected chi connectivity index (χ4v) is 3.40. The summed E-state index contributed by atoms with van der Waals surface area (Å²) in [6, 6.07) is 4.10. The molecule has 0 aromatic carbocycles. The van der Waals surface area contributed by atoms with Crippen LogP contribution >= 0.6 is 0 Å². The Bertz CT molecular complexity index is 885. The van der Waals surface area contributed by atoms with Crippen LogP contribution in [0.5, 0.6) is 0 Å². The van der Waals surface area contributed by atoms with Crippen molar-refractivity contribution in [1.29, 1.82) is 0 Å². The molecule has 1 saturated heterocycles. The van der Waals surface area contributed by atoms with E-state index in [0.717, 1.165) is 60.0 Å². The fourth-order valence-electron chi connectivity index (χ4n) is 3.40. The highest BCUT2D eigenvalue weighted by molar-refractivity contribution is 5.73. The van der Waals surface area contributed by atoms with Crippen LogP contribution in [0.4, 0.5) is 5.82 Å². The van der Waals surface area contributed by atoms with Gasteiger partial charge in [0.05, 0.1) is 24.6 Å². The van der Waals surface area contributed by atoms with Crippen molar-refractivity contribution in [2.75, 3.05) is 37.8 Å². The molecule has 0 bridgehead atoms. The lowest BCUT2D eigenvalue weighted by atomic mass is 10.1. The number of morpholine rings is 1. The van der Waals surface area contributed by atoms with E-state index < -0.39 is 0 Å². The summed E-state index contributed by atoms with van der Waals surface area (Å²) in [7, 11) is 0. The third-order valence-electron chi connectivity index (χ3n) is 4.70. The number of pyridine rings is 1. The first-order valence-electron chi connectivity index (χ1n) is 9.00. The quantitative estimate of drug-likeness (QED) is 0.755. The van der Waals surface area contributed by atoms with E-state index in [2.05, 4.69) is 25.3 Å². The number of imidazole rings is 1. The molecular weight excluding hydrogens is 330 g/mol. The summed E-state index contributed by atoms with van der Waals surface area (Å²) in [5.74, 6) is 0.901. The fraction of sp³-hybridized carbons (Fsp3) is 0.421. The number of aryl methyl sites for hydroxylation is 2. The van der Waals surface area contributed by atoms with Crippen molar-refractivity contribution in [2.24, 2.45) is 0 Å². The second-order valence-corrected chi connectivity index (χ2v) is 6.46. The molecule has 0 unspecified atom stereocenters. The predicted octanol–water partition coefficient (Wildman–Crippen LogP) is 1.86. The second kappa shape index (κ2) is 7.39. The van der Waals surface area contributed by atoms with Crippen molar-refractivity contribution >= 4 is 11.5 Å². The molecule has 0 radical (unpaired) electrons. The average Bonchev–Trinajstić information content (AvgIpc) is 3.03. The molecule has 4 heterocycles. The van der Waals surface area contributed by atoms with Crippen LogP contribution in [-0.2, 0) is 11.2 Å². The van der Waals surface area contributed by atoms with Crippen LogP contribution in [0.25, 0.3) is 16.9 Å². The van der Waals surface area contributed by atoms with Crippen LogP contribution in [0.2, 0.25) is 0 Å². The normalized spacial score (nSPS) is 14.9. The maximum atomic E-state index is 8.96. The molecule has 1 aliphatic heterocycles. The number of nitrogens with zero attached hydrogens (tertiary/aromatic N) is 5. The lowest BCUT2D eigenvalue weighted by molar-refractivity contribution is 0.122. The van der Waals surface area contributed by atoms with E-state index in [9.17, 15) is 0 Å². The van der Waals surface area contributed by atoms with Crippen LogP contribution in [0.1, 0.15) is 17.8 Å². The van der Waals surface area contributed by atoms with Gasteiger partial charge in [0.15, 0.2) is 11.5 Å². The lowest BCUT2D eigenvalue weighted by Gasteiger charge is -2.27. The van der Waals surface area contributed by atoms with E-state index in [4.69, 9.17) is 14.8 Å². The molecule has 4 rings (SSSR count). The smallest absolute Gasteiger partial charge is 0.181 e. The minimum atomic E-state index is 0.188. The molecule has 0 aliphatic carbocycles. The average molecular weight is 353 g/mol. The van der Waals surface area contributed by atoms with Crippen LogP contribution < -0.4 is 4.90 Å². The number of anilines is 1. The first kappa shape index (κ1) is 16.9. The van der Waals surface area contributed by atoms with Gasteiger partial charge in [0.25, 0.3) is 0 Å². The molecule has 1 fully saturated rings. The van der Waals surface area contributed by atoms with Gasteiger partial charge in [-0.25, -0.2) is 9.97 Å². The summed E-state index contributed by atoms with van der Waals surface area (Å²) in [5.41, 5.74) is 4.88. The highest BCUT2D eigenvalue weighted by Gasteiger charge is 2.20. The summed E-state index contributed by atoms with van der Waals surface area (Å²) >= 11 is 0. The highest BCUT2D eigenvalue weighted by atomic mass is 16.5. The molecule has 7 nitrogen and oxygen atoms in total. The molecule has 1 N–H and O–H groups in total. The van der Waals surface area contributed by atoms with E-state index in [1.54, 1.807) is 0 Å². The van der Waals surface area contributed by atoms with Gasteiger partial charge in [-0.1, -0.05) is 0 Å². The first-order chi connectivity index (χ1) is 12.8. The van der Waals surface area contributed by atoms with Crippen LogP contribution in [0.3, 0.4) is 0 Å². The van der Waals surface area contributed by atoms with Crippen molar-refractivity contribution in [3.05, 3.63) is 42.1 Å². The van der Waals surface area contributed by atoms with E-state index in [0.29, 0.717) is 13.2 Å². The summed E-state index contributed by atoms with van der Waals surface area (Å²) < 4.78 is 7.54. The van der Waals surface area contributed by atoms with Gasteiger partial charge < -0.3 is 14.7 Å². The van der Waals surface area contributed by atoms with Gasteiger partial charge in [0.2, 0.25) is 0 Å². The molecule has 0 spiro atoms.